The average Bonchev–Trinajstić information content (AvgIpc) is 2.59. The molecule has 0 spiro atoms. The Morgan fingerprint density at radius 2 is 1.93 bits per heavy atom. The number of guanidine groups is 1. The highest BCUT2D eigenvalue weighted by Crippen LogP contribution is 2.29. The number of rotatable bonds is 4. The number of sulfonamides is 1. The molecule has 0 amide bonds. The Hall–Kier alpha value is -1.23. The van der Waals surface area contributed by atoms with Gasteiger partial charge < -0.3 is 10.6 Å². The molecule has 0 atom stereocenters. The Morgan fingerprint density at radius 3 is 2.44 bits per heavy atom. The lowest BCUT2D eigenvalue weighted by Gasteiger charge is -2.32. The SMILES string of the molecule is CN=C(NCc1ccc(Cl)cc1Cl)NC1CCN(S(=O)(=O)C(F)(F)F)CC1. The molecule has 1 saturated heterocycles. The summed E-state index contributed by atoms with van der Waals surface area (Å²) in [4.78, 5) is 4.06. The molecule has 1 fully saturated rings. The van der Waals surface area contributed by atoms with Gasteiger partial charge in [-0.15, -0.1) is 0 Å². The van der Waals surface area contributed by atoms with Gasteiger partial charge in [0.2, 0.25) is 0 Å². The van der Waals surface area contributed by atoms with E-state index in [4.69, 9.17) is 23.2 Å². The van der Waals surface area contributed by atoms with Crippen molar-refractivity contribution >= 4 is 39.2 Å². The molecule has 6 nitrogen and oxygen atoms in total. The summed E-state index contributed by atoms with van der Waals surface area (Å²) in [5.41, 5.74) is -4.47. The van der Waals surface area contributed by atoms with Crippen LogP contribution in [0.5, 0.6) is 0 Å². The van der Waals surface area contributed by atoms with Crippen molar-refractivity contribution in [2.24, 2.45) is 4.99 Å². The first-order valence-electron chi connectivity index (χ1n) is 8.02. The van der Waals surface area contributed by atoms with Crippen molar-refractivity contribution in [3.05, 3.63) is 33.8 Å². The van der Waals surface area contributed by atoms with Gasteiger partial charge in [0.1, 0.15) is 0 Å². The first kappa shape index (κ1) is 22.1. The highest BCUT2D eigenvalue weighted by Gasteiger charge is 2.50. The van der Waals surface area contributed by atoms with Crippen molar-refractivity contribution in [2.45, 2.75) is 30.9 Å². The molecular formula is C15H19Cl2F3N4O2S. The lowest BCUT2D eigenvalue weighted by molar-refractivity contribution is -0.0494. The first-order valence-corrected chi connectivity index (χ1v) is 10.2. The largest absolute Gasteiger partial charge is 0.511 e. The third-order valence-electron chi connectivity index (χ3n) is 4.11. The number of alkyl halides is 3. The van der Waals surface area contributed by atoms with Crippen LogP contribution in [0.2, 0.25) is 10.0 Å². The normalized spacial score (nSPS) is 17.8. The van der Waals surface area contributed by atoms with Gasteiger partial charge in [0.25, 0.3) is 0 Å². The van der Waals surface area contributed by atoms with Gasteiger partial charge in [0.05, 0.1) is 0 Å². The standard InChI is InChI=1S/C15H19Cl2F3N4O2S/c1-21-14(22-9-10-2-3-11(16)8-13(10)17)23-12-4-6-24(7-5-12)27(25,26)15(18,19)20/h2-3,8,12H,4-7,9H2,1H3,(H2,21,22,23). The maximum absolute atomic E-state index is 12.6. The summed E-state index contributed by atoms with van der Waals surface area (Å²) in [6.45, 7) is -0.0456. The van der Waals surface area contributed by atoms with E-state index >= 15 is 0 Å². The summed E-state index contributed by atoms with van der Waals surface area (Å²) in [5.74, 6) is 0.443. The molecule has 152 valence electrons. The predicted octanol–water partition coefficient (Wildman–Crippen LogP) is 2.97. The van der Waals surface area contributed by atoms with E-state index in [1.54, 1.807) is 25.2 Å². The number of hydrogen-bond acceptors (Lipinski definition) is 3. The molecule has 1 heterocycles. The highest BCUT2D eigenvalue weighted by molar-refractivity contribution is 7.90. The van der Waals surface area contributed by atoms with Gasteiger partial charge in [-0.3, -0.25) is 4.99 Å². The van der Waals surface area contributed by atoms with E-state index in [0.29, 0.717) is 26.9 Å². The van der Waals surface area contributed by atoms with Crippen LogP contribution in [-0.2, 0) is 16.6 Å². The smallest absolute Gasteiger partial charge is 0.354 e. The highest BCUT2D eigenvalue weighted by atomic mass is 35.5. The van der Waals surface area contributed by atoms with Gasteiger partial charge in [-0.2, -0.15) is 17.5 Å². The van der Waals surface area contributed by atoms with E-state index in [0.717, 1.165) is 5.56 Å². The molecule has 2 N–H and O–H groups in total. The maximum atomic E-state index is 12.6. The Kier molecular flexibility index (Phi) is 7.23. The van der Waals surface area contributed by atoms with Gasteiger partial charge in [0.15, 0.2) is 5.96 Å². The molecule has 2 rings (SSSR count). The molecular weight excluding hydrogens is 428 g/mol. The third kappa shape index (κ3) is 5.63. The predicted molar refractivity (Wildman–Crippen MR) is 99.4 cm³/mol. The molecule has 12 heteroatoms. The second-order valence-electron chi connectivity index (χ2n) is 5.93. The van der Waals surface area contributed by atoms with Gasteiger partial charge in [0, 0.05) is 42.8 Å². The van der Waals surface area contributed by atoms with Gasteiger partial charge in [-0.1, -0.05) is 29.3 Å². The summed E-state index contributed by atoms with van der Waals surface area (Å²) in [6.07, 6.45) is 0.468. The number of nitrogens with one attached hydrogen (secondary N) is 2. The molecule has 0 aliphatic carbocycles. The van der Waals surface area contributed by atoms with Crippen molar-refractivity contribution in [1.29, 1.82) is 0 Å². The zero-order valence-corrected chi connectivity index (χ0v) is 16.7. The lowest BCUT2D eigenvalue weighted by atomic mass is 10.1. The number of halogens is 5. The van der Waals surface area contributed by atoms with Gasteiger partial charge >= 0.3 is 15.5 Å². The summed E-state index contributed by atoms with van der Waals surface area (Å²) >= 11 is 12.0. The molecule has 1 aromatic rings. The van der Waals surface area contributed by atoms with Crippen LogP contribution < -0.4 is 10.6 Å². The van der Waals surface area contributed by atoms with Crippen molar-refractivity contribution < 1.29 is 21.6 Å². The number of nitrogens with zero attached hydrogens (tertiary/aromatic N) is 2. The second-order valence-corrected chi connectivity index (χ2v) is 8.70. The number of hydrogen-bond donors (Lipinski definition) is 2. The van der Waals surface area contributed by atoms with E-state index in [1.807, 2.05) is 0 Å². The molecule has 0 aromatic heterocycles. The summed E-state index contributed by atoms with van der Waals surface area (Å²) in [7, 11) is -3.72. The summed E-state index contributed by atoms with van der Waals surface area (Å²) in [5, 5.41) is 7.16. The molecule has 0 radical (unpaired) electrons. The fourth-order valence-electron chi connectivity index (χ4n) is 2.62. The Labute approximate surface area is 165 Å². The third-order valence-corrected chi connectivity index (χ3v) is 6.33. The van der Waals surface area contributed by atoms with Crippen molar-refractivity contribution in [1.82, 2.24) is 14.9 Å². The zero-order chi connectivity index (χ0) is 20.2. The van der Waals surface area contributed by atoms with Crippen LogP contribution in [0.15, 0.2) is 23.2 Å². The minimum absolute atomic E-state index is 0.198. The van der Waals surface area contributed by atoms with Crippen LogP contribution in [0, 0.1) is 0 Å². The molecule has 1 aliphatic rings. The van der Waals surface area contributed by atoms with Crippen LogP contribution in [0.4, 0.5) is 13.2 Å². The molecule has 27 heavy (non-hydrogen) atoms. The molecule has 0 saturated carbocycles. The topological polar surface area (TPSA) is 73.8 Å². The maximum Gasteiger partial charge on any atom is 0.511 e. The molecule has 1 aliphatic heterocycles. The van der Waals surface area contributed by atoms with Crippen LogP contribution in [0.25, 0.3) is 0 Å². The quantitative estimate of drug-likeness (QED) is 0.550. The van der Waals surface area contributed by atoms with E-state index in [1.165, 1.54) is 0 Å². The van der Waals surface area contributed by atoms with E-state index in [9.17, 15) is 21.6 Å². The molecule has 1 aromatic carbocycles. The van der Waals surface area contributed by atoms with E-state index in [2.05, 4.69) is 15.6 Å². The number of piperidine rings is 1. The molecule has 0 unspecified atom stereocenters. The van der Waals surface area contributed by atoms with Crippen LogP contribution in [0.1, 0.15) is 18.4 Å². The average molecular weight is 447 g/mol. The Bertz CT molecular complexity index is 795. The zero-order valence-electron chi connectivity index (χ0n) is 14.4. The summed E-state index contributed by atoms with van der Waals surface area (Å²) in [6, 6.07) is 4.90. The monoisotopic (exact) mass is 446 g/mol. The minimum Gasteiger partial charge on any atom is -0.354 e. The lowest BCUT2D eigenvalue weighted by Crippen LogP contribution is -2.51. The van der Waals surface area contributed by atoms with Gasteiger partial charge in [-0.05, 0) is 30.5 Å². The van der Waals surface area contributed by atoms with Crippen LogP contribution in [0.3, 0.4) is 0 Å². The van der Waals surface area contributed by atoms with Crippen molar-refractivity contribution in [2.75, 3.05) is 20.1 Å². The Balaban J connectivity index is 1.88. The number of benzene rings is 1. The fraction of sp³-hybridized carbons (Fsp3) is 0.533. The van der Waals surface area contributed by atoms with Crippen LogP contribution in [-0.4, -0.2) is 50.4 Å². The van der Waals surface area contributed by atoms with E-state index < -0.39 is 15.5 Å². The Morgan fingerprint density at radius 1 is 1.30 bits per heavy atom. The summed E-state index contributed by atoms with van der Waals surface area (Å²) < 4.78 is 61.1. The number of aliphatic imine (C=N–C) groups is 1. The van der Waals surface area contributed by atoms with E-state index in [-0.39, 0.29) is 32.0 Å². The first-order chi connectivity index (χ1) is 12.5. The minimum atomic E-state index is -5.28. The fourth-order valence-corrected chi connectivity index (χ4v) is 4.08. The van der Waals surface area contributed by atoms with Crippen molar-refractivity contribution in [3.63, 3.8) is 0 Å². The van der Waals surface area contributed by atoms with Gasteiger partial charge in [-0.25, -0.2) is 8.42 Å². The van der Waals surface area contributed by atoms with Crippen LogP contribution >= 0.6 is 23.2 Å². The van der Waals surface area contributed by atoms with Crippen molar-refractivity contribution in [3.8, 4) is 0 Å². The second kappa shape index (κ2) is 8.85. The molecule has 0 bridgehead atoms.